The van der Waals surface area contributed by atoms with E-state index >= 15 is 0 Å². The molecule has 0 aliphatic carbocycles. The fourth-order valence-corrected chi connectivity index (χ4v) is 4.85. The van der Waals surface area contributed by atoms with Crippen LogP contribution < -0.4 is 0 Å². The topological polar surface area (TPSA) is 55.8 Å². The van der Waals surface area contributed by atoms with Gasteiger partial charge in [-0.2, -0.15) is 0 Å². The van der Waals surface area contributed by atoms with Crippen LogP contribution in [0.1, 0.15) is 34.6 Å². The largest absolute Gasteiger partial charge is 0.463 e. The van der Waals surface area contributed by atoms with Crippen LogP contribution in [0.25, 0.3) is 0 Å². The highest BCUT2D eigenvalue weighted by atomic mass is 32.2. The first-order valence-electron chi connectivity index (χ1n) is 7.69. The Hall–Kier alpha value is -1.08. The highest BCUT2D eigenvalue weighted by Crippen LogP contribution is 2.53. The molecule has 2 aliphatic heterocycles. The third kappa shape index (κ3) is 4.07. The molecule has 5 nitrogen and oxygen atoms in total. The number of esters is 2. The normalized spacial score (nSPS) is 21.7. The SMILES string of the molecule is CCOC(=O)C=C1N2CCSC(C(=O)OC(C)C)=C2SC1(C)C. The third-order valence-corrected chi connectivity index (χ3v) is 5.83. The van der Waals surface area contributed by atoms with E-state index in [2.05, 4.69) is 4.90 Å². The van der Waals surface area contributed by atoms with E-state index in [1.54, 1.807) is 24.8 Å². The Morgan fingerprint density at radius 1 is 1.39 bits per heavy atom. The van der Waals surface area contributed by atoms with Gasteiger partial charge in [-0.05, 0) is 34.6 Å². The molecule has 23 heavy (non-hydrogen) atoms. The maximum Gasteiger partial charge on any atom is 0.347 e. The van der Waals surface area contributed by atoms with E-state index in [0.717, 1.165) is 23.0 Å². The smallest absolute Gasteiger partial charge is 0.347 e. The van der Waals surface area contributed by atoms with E-state index in [1.165, 1.54) is 11.8 Å². The number of hydrogen-bond donors (Lipinski definition) is 0. The summed E-state index contributed by atoms with van der Waals surface area (Å²) in [7, 11) is 0. The number of nitrogens with zero attached hydrogens (tertiary/aromatic N) is 1. The van der Waals surface area contributed by atoms with Crippen molar-refractivity contribution in [2.24, 2.45) is 0 Å². The quantitative estimate of drug-likeness (QED) is 0.566. The van der Waals surface area contributed by atoms with Crippen molar-refractivity contribution in [1.29, 1.82) is 0 Å². The maximum atomic E-state index is 12.3. The third-order valence-electron chi connectivity index (χ3n) is 3.33. The van der Waals surface area contributed by atoms with Gasteiger partial charge in [0, 0.05) is 24.1 Å². The van der Waals surface area contributed by atoms with Gasteiger partial charge in [0.2, 0.25) is 0 Å². The van der Waals surface area contributed by atoms with Gasteiger partial charge in [0.25, 0.3) is 0 Å². The molecule has 1 saturated heterocycles. The Kier molecular flexibility index (Phi) is 5.73. The van der Waals surface area contributed by atoms with Gasteiger partial charge in [-0.25, -0.2) is 9.59 Å². The average Bonchev–Trinajstić information content (AvgIpc) is 2.69. The van der Waals surface area contributed by atoms with Crippen LogP contribution in [0.5, 0.6) is 0 Å². The molecule has 0 radical (unpaired) electrons. The molecule has 0 spiro atoms. The predicted molar refractivity (Wildman–Crippen MR) is 93.8 cm³/mol. The lowest BCUT2D eigenvalue weighted by Gasteiger charge is -2.28. The van der Waals surface area contributed by atoms with Crippen LogP contribution in [-0.2, 0) is 19.1 Å². The van der Waals surface area contributed by atoms with Gasteiger partial charge in [0.15, 0.2) is 0 Å². The zero-order chi connectivity index (χ0) is 17.2. The Balaban J connectivity index is 2.37. The lowest BCUT2D eigenvalue weighted by molar-refractivity contribution is -0.142. The van der Waals surface area contributed by atoms with Crippen molar-refractivity contribution in [3.05, 3.63) is 21.7 Å². The highest BCUT2D eigenvalue weighted by molar-refractivity contribution is 8.08. The second-order valence-electron chi connectivity index (χ2n) is 5.98. The van der Waals surface area contributed by atoms with Gasteiger partial charge in [-0.1, -0.05) is 11.8 Å². The molecule has 0 N–H and O–H groups in total. The molecule has 2 aliphatic rings. The molecular formula is C16H23NO4S2. The molecule has 0 bridgehead atoms. The molecule has 0 aromatic carbocycles. The summed E-state index contributed by atoms with van der Waals surface area (Å²) in [5.41, 5.74) is 0.881. The predicted octanol–water partition coefficient (Wildman–Crippen LogP) is 3.13. The van der Waals surface area contributed by atoms with Crippen molar-refractivity contribution in [2.45, 2.75) is 45.5 Å². The van der Waals surface area contributed by atoms with E-state index in [-0.39, 0.29) is 22.8 Å². The molecule has 0 amide bonds. The van der Waals surface area contributed by atoms with E-state index in [0.29, 0.717) is 11.5 Å². The van der Waals surface area contributed by atoms with Gasteiger partial charge in [-0.15, -0.1) is 11.8 Å². The minimum Gasteiger partial charge on any atom is -0.463 e. The lowest BCUT2D eigenvalue weighted by atomic mass is 10.1. The van der Waals surface area contributed by atoms with Crippen LogP contribution in [-0.4, -0.2) is 46.6 Å². The summed E-state index contributed by atoms with van der Waals surface area (Å²) in [4.78, 5) is 26.9. The Bertz CT molecular complexity index is 566. The summed E-state index contributed by atoms with van der Waals surface area (Å²) in [5.74, 6) is 0.148. The summed E-state index contributed by atoms with van der Waals surface area (Å²) < 4.78 is 10.1. The van der Waals surface area contributed by atoms with Crippen LogP contribution in [0, 0.1) is 0 Å². The Labute approximate surface area is 145 Å². The minimum absolute atomic E-state index is 0.152. The van der Waals surface area contributed by atoms with Gasteiger partial charge < -0.3 is 14.4 Å². The van der Waals surface area contributed by atoms with E-state index in [4.69, 9.17) is 9.47 Å². The minimum atomic E-state index is -0.345. The van der Waals surface area contributed by atoms with Crippen LogP contribution in [0.3, 0.4) is 0 Å². The standard InChI is InChI=1S/C16H23NO4S2/c1-6-20-12(18)9-11-16(4,5)23-14-13(15(19)21-10(2)3)22-8-7-17(11)14/h9-10H,6-8H2,1-5H3. The molecule has 7 heteroatoms. The average molecular weight is 357 g/mol. The van der Waals surface area contributed by atoms with Crippen molar-refractivity contribution in [2.75, 3.05) is 18.9 Å². The van der Waals surface area contributed by atoms with Gasteiger partial charge >= 0.3 is 11.9 Å². The van der Waals surface area contributed by atoms with Crippen LogP contribution in [0.2, 0.25) is 0 Å². The van der Waals surface area contributed by atoms with Gasteiger partial charge in [0.1, 0.15) is 4.91 Å². The van der Waals surface area contributed by atoms with Crippen molar-refractivity contribution >= 4 is 35.5 Å². The van der Waals surface area contributed by atoms with Crippen molar-refractivity contribution in [1.82, 2.24) is 4.90 Å². The zero-order valence-corrected chi connectivity index (χ0v) is 15.8. The molecular weight excluding hydrogens is 334 g/mol. The summed E-state index contributed by atoms with van der Waals surface area (Å²) in [6.07, 6.45) is 1.39. The summed E-state index contributed by atoms with van der Waals surface area (Å²) >= 11 is 3.11. The maximum absolute atomic E-state index is 12.3. The molecule has 1 fully saturated rings. The fourth-order valence-electron chi connectivity index (χ4n) is 2.44. The fraction of sp³-hybridized carbons (Fsp3) is 0.625. The summed E-state index contributed by atoms with van der Waals surface area (Å²) in [6, 6.07) is 0. The van der Waals surface area contributed by atoms with Gasteiger partial charge in [-0.3, -0.25) is 0 Å². The van der Waals surface area contributed by atoms with E-state index < -0.39 is 0 Å². The molecule has 0 aromatic heterocycles. The van der Waals surface area contributed by atoms with E-state index in [1.807, 2.05) is 27.7 Å². The molecule has 0 atom stereocenters. The number of carbonyl (C=O) groups excluding carboxylic acids is 2. The molecule has 2 heterocycles. The molecule has 0 aromatic rings. The number of thioether (sulfide) groups is 2. The number of carbonyl (C=O) groups is 2. The van der Waals surface area contributed by atoms with E-state index in [9.17, 15) is 9.59 Å². The first-order chi connectivity index (χ1) is 10.8. The molecule has 128 valence electrons. The second kappa shape index (κ2) is 7.21. The summed E-state index contributed by atoms with van der Waals surface area (Å²) in [5, 5.41) is 0.882. The first-order valence-corrected chi connectivity index (χ1v) is 9.50. The number of hydrogen-bond acceptors (Lipinski definition) is 7. The highest BCUT2D eigenvalue weighted by Gasteiger charge is 2.44. The van der Waals surface area contributed by atoms with Crippen molar-refractivity contribution in [3.63, 3.8) is 0 Å². The van der Waals surface area contributed by atoms with Crippen molar-refractivity contribution in [3.8, 4) is 0 Å². The zero-order valence-electron chi connectivity index (χ0n) is 14.2. The second-order valence-corrected chi connectivity index (χ2v) is 8.70. The van der Waals surface area contributed by atoms with Crippen LogP contribution in [0.15, 0.2) is 21.7 Å². The summed E-state index contributed by atoms with van der Waals surface area (Å²) in [6.45, 7) is 10.7. The monoisotopic (exact) mass is 357 g/mol. The molecule has 0 saturated carbocycles. The molecule has 2 rings (SSSR count). The van der Waals surface area contributed by atoms with Crippen LogP contribution in [0.4, 0.5) is 0 Å². The molecule has 0 unspecified atom stereocenters. The number of rotatable bonds is 4. The Morgan fingerprint density at radius 2 is 2.09 bits per heavy atom. The lowest BCUT2D eigenvalue weighted by Crippen LogP contribution is -2.30. The van der Waals surface area contributed by atoms with Gasteiger partial charge in [0.05, 0.1) is 22.5 Å². The first kappa shape index (κ1) is 18.3. The number of ether oxygens (including phenoxy) is 2. The number of fused-ring (bicyclic) bond motifs is 1. The Morgan fingerprint density at radius 3 is 2.70 bits per heavy atom. The van der Waals surface area contributed by atoms with Crippen molar-refractivity contribution < 1.29 is 19.1 Å². The van der Waals surface area contributed by atoms with Crippen LogP contribution >= 0.6 is 23.5 Å².